The molecule has 0 aliphatic rings. The normalized spacial score (nSPS) is 14.3. The van der Waals surface area contributed by atoms with Crippen LogP contribution in [-0.4, -0.2) is 29.4 Å². The molecule has 2 aromatic rings. The van der Waals surface area contributed by atoms with Crippen LogP contribution in [0.1, 0.15) is 32.3 Å². The summed E-state index contributed by atoms with van der Waals surface area (Å²) in [7, 11) is -3.48. The maximum atomic E-state index is 12.7. The molecule has 1 N–H and O–H groups in total. The van der Waals surface area contributed by atoms with E-state index in [1.54, 1.807) is 12.1 Å². The topological polar surface area (TPSA) is 46.2 Å². The summed E-state index contributed by atoms with van der Waals surface area (Å²) in [5, 5.41) is 0. The van der Waals surface area contributed by atoms with Gasteiger partial charge in [0, 0.05) is 0 Å². The number of rotatable bonds is 8. The van der Waals surface area contributed by atoms with Gasteiger partial charge >= 0.3 is 152 Å². The summed E-state index contributed by atoms with van der Waals surface area (Å²) in [5.74, 6) is 0. The molecule has 24 heavy (non-hydrogen) atoms. The van der Waals surface area contributed by atoms with Crippen LogP contribution < -0.4 is 9.18 Å². The Kier molecular flexibility index (Phi) is 7.05. The van der Waals surface area contributed by atoms with Crippen molar-refractivity contribution in [2.45, 2.75) is 49.4 Å². The van der Waals surface area contributed by atoms with Crippen molar-refractivity contribution in [3.63, 3.8) is 0 Å². The first-order valence-corrected chi connectivity index (χ1v) is 11.6. The second kappa shape index (κ2) is 8.82. The van der Waals surface area contributed by atoms with Crippen LogP contribution in [-0.2, 0) is 10.0 Å². The van der Waals surface area contributed by atoms with Gasteiger partial charge < -0.3 is 0 Å². The first-order valence-electron chi connectivity index (χ1n) is 8.27. The van der Waals surface area contributed by atoms with Crippen LogP contribution >= 0.6 is 0 Å². The summed E-state index contributed by atoms with van der Waals surface area (Å²) in [6, 6.07) is 17.3. The fourth-order valence-electron chi connectivity index (χ4n) is 2.53. The summed E-state index contributed by atoms with van der Waals surface area (Å²) in [5.41, 5.74) is 1.06. The molecular formula is C19H25NO2SSe. The Hall–Kier alpha value is -1.13. The van der Waals surface area contributed by atoms with E-state index in [2.05, 4.69) is 23.8 Å². The summed E-state index contributed by atoms with van der Waals surface area (Å²) in [6.07, 6.45) is 1.75. The van der Waals surface area contributed by atoms with E-state index < -0.39 is 10.0 Å². The summed E-state index contributed by atoms with van der Waals surface area (Å²) in [4.78, 5) is 0.679. The van der Waals surface area contributed by atoms with E-state index in [0.29, 0.717) is 9.71 Å². The molecule has 0 heterocycles. The SMILES string of the molecule is CC[C@H]([Se]c1ccccc1)[C@@H](CC)NS(=O)(=O)c1ccc(C)cc1. The summed E-state index contributed by atoms with van der Waals surface area (Å²) >= 11 is 0.243. The van der Waals surface area contributed by atoms with Crippen LogP contribution in [0.25, 0.3) is 0 Å². The molecule has 0 aromatic heterocycles. The minimum atomic E-state index is -3.48. The number of hydrogen-bond donors (Lipinski definition) is 1. The molecule has 0 spiro atoms. The van der Waals surface area contributed by atoms with Crippen LogP contribution in [0.15, 0.2) is 59.5 Å². The van der Waals surface area contributed by atoms with Gasteiger partial charge in [0.25, 0.3) is 0 Å². The number of benzene rings is 2. The average Bonchev–Trinajstić information content (AvgIpc) is 2.59. The van der Waals surface area contributed by atoms with E-state index in [-0.39, 0.29) is 21.0 Å². The van der Waals surface area contributed by atoms with Gasteiger partial charge in [-0.25, -0.2) is 0 Å². The van der Waals surface area contributed by atoms with Crippen LogP contribution in [0.4, 0.5) is 0 Å². The molecule has 0 bridgehead atoms. The zero-order valence-electron chi connectivity index (χ0n) is 14.4. The Bertz CT molecular complexity index is 730. The Morgan fingerprint density at radius 3 is 2.12 bits per heavy atom. The number of sulfonamides is 1. The van der Waals surface area contributed by atoms with Gasteiger partial charge in [-0.2, -0.15) is 0 Å². The van der Waals surface area contributed by atoms with Crippen molar-refractivity contribution in [1.29, 1.82) is 0 Å². The van der Waals surface area contributed by atoms with Crippen LogP contribution in [0, 0.1) is 6.92 Å². The third-order valence-corrected chi connectivity index (χ3v) is 8.63. The molecule has 2 rings (SSSR count). The fraction of sp³-hybridized carbons (Fsp3) is 0.368. The van der Waals surface area contributed by atoms with Crippen molar-refractivity contribution in [3.8, 4) is 0 Å². The molecule has 0 fully saturated rings. The molecule has 0 amide bonds. The molecule has 0 saturated heterocycles. The molecule has 0 unspecified atom stereocenters. The number of aryl methyl sites for hydroxylation is 1. The Balaban J connectivity index is 2.15. The van der Waals surface area contributed by atoms with Crippen LogP contribution in [0.5, 0.6) is 0 Å². The summed E-state index contributed by atoms with van der Waals surface area (Å²) < 4.78 is 29.6. The Morgan fingerprint density at radius 2 is 1.58 bits per heavy atom. The molecule has 5 heteroatoms. The van der Waals surface area contributed by atoms with Gasteiger partial charge in [-0.3, -0.25) is 0 Å². The second-order valence-electron chi connectivity index (χ2n) is 5.83. The fourth-order valence-corrected chi connectivity index (χ4v) is 6.72. The van der Waals surface area contributed by atoms with Gasteiger partial charge in [-0.15, -0.1) is 0 Å². The van der Waals surface area contributed by atoms with Gasteiger partial charge in [-0.05, 0) is 0 Å². The van der Waals surface area contributed by atoms with Crippen molar-refractivity contribution < 1.29 is 8.42 Å². The van der Waals surface area contributed by atoms with Crippen LogP contribution in [0.2, 0.25) is 4.82 Å². The van der Waals surface area contributed by atoms with E-state index in [1.807, 2.05) is 44.2 Å². The van der Waals surface area contributed by atoms with Crippen molar-refractivity contribution in [3.05, 3.63) is 60.2 Å². The molecular weight excluding hydrogens is 385 g/mol. The van der Waals surface area contributed by atoms with E-state index in [1.165, 1.54) is 4.46 Å². The zero-order chi connectivity index (χ0) is 17.6. The maximum absolute atomic E-state index is 12.7. The van der Waals surface area contributed by atoms with Gasteiger partial charge in [0.2, 0.25) is 0 Å². The monoisotopic (exact) mass is 411 g/mol. The molecule has 130 valence electrons. The standard InChI is InChI=1S/C19H25NO2SSe/c1-4-18(19(5-2)24-17-9-7-6-8-10-17)20-23(21,22)16-13-11-15(3)12-14-16/h6-14,18-20H,4-5H2,1-3H3/t18-,19+/m1/s1. The van der Waals surface area contributed by atoms with E-state index in [4.69, 9.17) is 0 Å². The zero-order valence-corrected chi connectivity index (χ0v) is 16.9. The molecule has 0 aliphatic heterocycles. The van der Waals surface area contributed by atoms with Crippen LogP contribution in [0.3, 0.4) is 0 Å². The molecule has 3 nitrogen and oxygen atoms in total. The summed E-state index contributed by atoms with van der Waals surface area (Å²) in [6.45, 7) is 6.14. The second-order valence-corrected chi connectivity index (χ2v) is 10.3. The average molecular weight is 410 g/mol. The van der Waals surface area contributed by atoms with Crippen molar-refractivity contribution in [1.82, 2.24) is 4.72 Å². The predicted molar refractivity (Wildman–Crippen MR) is 101 cm³/mol. The van der Waals surface area contributed by atoms with Crippen molar-refractivity contribution in [2.24, 2.45) is 0 Å². The third-order valence-electron chi connectivity index (χ3n) is 3.96. The van der Waals surface area contributed by atoms with Gasteiger partial charge in [0.1, 0.15) is 0 Å². The van der Waals surface area contributed by atoms with E-state index >= 15 is 0 Å². The van der Waals surface area contributed by atoms with Crippen molar-refractivity contribution >= 4 is 29.4 Å². The van der Waals surface area contributed by atoms with Crippen molar-refractivity contribution in [2.75, 3.05) is 0 Å². The van der Waals surface area contributed by atoms with E-state index in [9.17, 15) is 8.42 Å². The number of nitrogens with one attached hydrogen (secondary N) is 1. The van der Waals surface area contributed by atoms with Gasteiger partial charge in [0.05, 0.1) is 0 Å². The van der Waals surface area contributed by atoms with Gasteiger partial charge in [0.15, 0.2) is 0 Å². The Morgan fingerprint density at radius 1 is 0.958 bits per heavy atom. The first-order chi connectivity index (χ1) is 11.5. The molecule has 0 radical (unpaired) electrons. The predicted octanol–water partition coefficient (Wildman–Crippen LogP) is 3.28. The Labute approximate surface area is 152 Å². The van der Waals surface area contributed by atoms with E-state index in [0.717, 1.165) is 18.4 Å². The molecule has 0 aliphatic carbocycles. The minimum absolute atomic E-state index is 0.0403. The molecule has 0 saturated carbocycles. The number of hydrogen-bond acceptors (Lipinski definition) is 2. The first kappa shape index (κ1) is 19.2. The quantitative estimate of drug-likeness (QED) is 0.679. The third kappa shape index (κ3) is 5.18. The molecule has 2 atom stereocenters. The molecule has 2 aromatic carbocycles. The van der Waals surface area contributed by atoms with Gasteiger partial charge in [-0.1, -0.05) is 0 Å².